The molecule has 2 atom stereocenters. The Bertz CT molecular complexity index is 161. The Morgan fingerprint density at radius 2 is 2.07 bits per heavy atom. The molecule has 0 aromatic heterocycles. The molecule has 90 valence electrons. The summed E-state index contributed by atoms with van der Waals surface area (Å²) < 4.78 is 5.26. The van der Waals surface area contributed by atoms with Crippen LogP contribution in [0.3, 0.4) is 0 Å². The molecule has 0 radical (unpaired) electrons. The number of rotatable bonds is 6. The van der Waals surface area contributed by atoms with Gasteiger partial charge in [-0.15, -0.1) is 0 Å². The molecule has 4 heteroatoms. The van der Waals surface area contributed by atoms with Crippen molar-refractivity contribution < 1.29 is 9.84 Å². The summed E-state index contributed by atoms with van der Waals surface area (Å²) in [5, 5.41) is 13.1. The predicted molar refractivity (Wildman–Crippen MR) is 61.0 cm³/mol. The molecule has 0 aromatic rings. The largest absolute Gasteiger partial charge is 0.390 e. The summed E-state index contributed by atoms with van der Waals surface area (Å²) in [5.74, 6) is 0. The van der Waals surface area contributed by atoms with Gasteiger partial charge in [-0.05, 0) is 13.3 Å². The van der Waals surface area contributed by atoms with E-state index in [-0.39, 0.29) is 6.10 Å². The SMILES string of the molecule is CCC(C)NCC(O)CN1CCOCC1. The number of nitrogens with one attached hydrogen (secondary N) is 1. The number of nitrogens with zero attached hydrogens (tertiary/aromatic N) is 1. The van der Waals surface area contributed by atoms with Crippen LogP contribution < -0.4 is 5.32 Å². The lowest BCUT2D eigenvalue weighted by Gasteiger charge is -2.29. The van der Waals surface area contributed by atoms with E-state index in [9.17, 15) is 5.11 Å². The maximum absolute atomic E-state index is 9.80. The van der Waals surface area contributed by atoms with Crippen molar-refractivity contribution in [2.24, 2.45) is 0 Å². The van der Waals surface area contributed by atoms with E-state index >= 15 is 0 Å². The minimum absolute atomic E-state index is 0.267. The molecule has 1 fully saturated rings. The van der Waals surface area contributed by atoms with Crippen LogP contribution in [-0.4, -0.2) is 61.5 Å². The summed E-state index contributed by atoms with van der Waals surface area (Å²) in [6.45, 7) is 9.21. The van der Waals surface area contributed by atoms with Gasteiger partial charge in [-0.2, -0.15) is 0 Å². The molecular formula is C11H24N2O2. The van der Waals surface area contributed by atoms with Crippen LogP contribution in [0.2, 0.25) is 0 Å². The number of aliphatic hydroxyl groups excluding tert-OH is 1. The van der Waals surface area contributed by atoms with Gasteiger partial charge >= 0.3 is 0 Å². The average molecular weight is 216 g/mol. The lowest BCUT2D eigenvalue weighted by atomic mass is 10.2. The highest BCUT2D eigenvalue weighted by molar-refractivity contribution is 4.70. The molecule has 1 heterocycles. The smallest absolute Gasteiger partial charge is 0.0791 e. The maximum Gasteiger partial charge on any atom is 0.0791 e. The molecule has 1 aliphatic heterocycles. The summed E-state index contributed by atoms with van der Waals surface area (Å²) >= 11 is 0. The second-order valence-electron chi connectivity index (χ2n) is 4.28. The highest BCUT2D eigenvalue weighted by atomic mass is 16.5. The van der Waals surface area contributed by atoms with E-state index in [1.807, 2.05) is 0 Å². The number of aliphatic hydroxyl groups is 1. The Morgan fingerprint density at radius 1 is 1.40 bits per heavy atom. The van der Waals surface area contributed by atoms with E-state index in [0.29, 0.717) is 12.6 Å². The van der Waals surface area contributed by atoms with Gasteiger partial charge in [-0.3, -0.25) is 4.90 Å². The molecule has 4 nitrogen and oxygen atoms in total. The molecule has 0 bridgehead atoms. The van der Waals surface area contributed by atoms with Crippen molar-refractivity contribution in [1.29, 1.82) is 0 Å². The Morgan fingerprint density at radius 3 is 2.67 bits per heavy atom. The first-order chi connectivity index (χ1) is 7.22. The molecule has 2 unspecified atom stereocenters. The molecule has 0 aliphatic carbocycles. The molecule has 0 aromatic carbocycles. The molecule has 1 aliphatic rings. The first-order valence-corrected chi connectivity index (χ1v) is 5.94. The molecule has 0 amide bonds. The summed E-state index contributed by atoms with van der Waals surface area (Å²) in [4.78, 5) is 2.26. The first-order valence-electron chi connectivity index (χ1n) is 5.94. The average Bonchev–Trinajstić information content (AvgIpc) is 2.27. The van der Waals surface area contributed by atoms with Crippen LogP contribution >= 0.6 is 0 Å². The normalized spacial score (nSPS) is 22.6. The Balaban J connectivity index is 2.08. The quantitative estimate of drug-likeness (QED) is 0.659. The van der Waals surface area contributed by atoms with Crippen LogP contribution in [-0.2, 0) is 4.74 Å². The van der Waals surface area contributed by atoms with Crippen LogP contribution in [0.5, 0.6) is 0 Å². The van der Waals surface area contributed by atoms with Crippen molar-refractivity contribution in [1.82, 2.24) is 10.2 Å². The van der Waals surface area contributed by atoms with Gasteiger partial charge < -0.3 is 15.2 Å². The summed E-state index contributed by atoms with van der Waals surface area (Å²) in [7, 11) is 0. The van der Waals surface area contributed by atoms with Crippen molar-refractivity contribution >= 4 is 0 Å². The van der Waals surface area contributed by atoms with Crippen molar-refractivity contribution in [3.05, 3.63) is 0 Å². The second-order valence-corrected chi connectivity index (χ2v) is 4.28. The standard InChI is InChI=1S/C11H24N2O2/c1-3-10(2)12-8-11(14)9-13-4-6-15-7-5-13/h10-12,14H,3-9H2,1-2H3. The van der Waals surface area contributed by atoms with Gasteiger partial charge in [-0.25, -0.2) is 0 Å². The van der Waals surface area contributed by atoms with Crippen molar-refractivity contribution in [3.63, 3.8) is 0 Å². The third kappa shape index (κ3) is 5.47. The number of morpholine rings is 1. The predicted octanol–water partition coefficient (Wildman–Crippen LogP) is 0.0676. The molecule has 1 rings (SSSR count). The van der Waals surface area contributed by atoms with Crippen molar-refractivity contribution in [2.75, 3.05) is 39.4 Å². The first kappa shape index (κ1) is 12.9. The summed E-state index contributed by atoms with van der Waals surface area (Å²) in [5.41, 5.74) is 0. The van der Waals surface area contributed by atoms with E-state index in [1.165, 1.54) is 0 Å². The topological polar surface area (TPSA) is 44.7 Å². The lowest BCUT2D eigenvalue weighted by Crippen LogP contribution is -2.44. The molecule has 0 saturated carbocycles. The Kier molecular flexibility index (Phi) is 6.17. The minimum atomic E-state index is -0.267. The number of β-amino-alcohol motifs (C(OH)–C–C–N with tert-alkyl or cyclic N) is 1. The molecule has 0 spiro atoms. The van der Waals surface area contributed by atoms with E-state index in [4.69, 9.17) is 4.74 Å². The zero-order chi connectivity index (χ0) is 11.1. The number of ether oxygens (including phenoxy) is 1. The summed E-state index contributed by atoms with van der Waals surface area (Å²) in [6, 6.07) is 0.490. The van der Waals surface area contributed by atoms with Crippen LogP contribution in [0, 0.1) is 0 Å². The van der Waals surface area contributed by atoms with Crippen molar-refractivity contribution in [3.8, 4) is 0 Å². The van der Waals surface area contributed by atoms with E-state index in [0.717, 1.165) is 39.3 Å². The van der Waals surface area contributed by atoms with Gasteiger partial charge in [0.2, 0.25) is 0 Å². The van der Waals surface area contributed by atoms with E-state index < -0.39 is 0 Å². The minimum Gasteiger partial charge on any atom is -0.390 e. The highest BCUT2D eigenvalue weighted by Crippen LogP contribution is 1.98. The van der Waals surface area contributed by atoms with Crippen molar-refractivity contribution in [2.45, 2.75) is 32.4 Å². The van der Waals surface area contributed by atoms with Gasteiger partial charge in [0.1, 0.15) is 0 Å². The third-order valence-corrected chi connectivity index (χ3v) is 2.89. The highest BCUT2D eigenvalue weighted by Gasteiger charge is 2.14. The second kappa shape index (κ2) is 7.17. The van der Waals surface area contributed by atoms with Crippen LogP contribution in [0.15, 0.2) is 0 Å². The monoisotopic (exact) mass is 216 g/mol. The fraction of sp³-hybridized carbons (Fsp3) is 1.00. The van der Waals surface area contributed by atoms with Gasteiger partial charge in [0.15, 0.2) is 0 Å². The fourth-order valence-corrected chi connectivity index (χ4v) is 1.63. The van der Waals surface area contributed by atoms with Gasteiger partial charge in [0, 0.05) is 32.2 Å². The fourth-order valence-electron chi connectivity index (χ4n) is 1.63. The zero-order valence-electron chi connectivity index (χ0n) is 9.91. The lowest BCUT2D eigenvalue weighted by molar-refractivity contribution is 0.0145. The van der Waals surface area contributed by atoms with Crippen LogP contribution in [0.4, 0.5) is 0 Å². The van der Waals surface area contributed by atoms with E-state index in [2.05, 4.69) is 24.1 Å². The van der Waals surface area contributed by atoms with Crippen LogP contribution in [0.1, 0.15) is 20.3 Å². The summed E-state index contributed by atoms with van der Waals surface area (Å²) in [6.07, 6.45) is 0.835. The Hall–Kier alpha value is -0.160. The molecular weight excluding hydrogens is 192 g/mol. The van der Waals surface area contributed by atoms with Gasteiger partial charge in [-0.1, -0.05) is 6.92 Å². The third-order valence-electron chi connectivity index (χ3n) is 2.89. The zero-order valence-corrected chi connectivity index (χ0v) is 9.91. The van der Waals surface area contributed by atoms with Gasteiger partial charge in [0.05, 0.1) is 19.3 Å². The van der Waals surface area contributed by atoms with Gasteiger partial charge in [0.25, 0.3) is 0 Å². The molecule has 2 N–H and O–H groups in total. The number of hydrogen-bond acceptors (Lipinski definition) is 4. The Labute approximate surface area is 92.6 Å². The molecule has 1 saturated heterocycles. The molecule has 15 heavy (non-hydrogen) atoms. The maximum atomic E-state index is 9.80. The van der Waals surface area contributed by atoms with E-state index in [1.54, 1.807) is 0 Å². The van der Waals surface area contributed by atoms with Crippen LogP contribution in [0.25, 0.3) is 0 Å². The number of hydrogen-bond donors (Lipinski definition) is 2.